The van der Waals surface area contributed by atoms with Gasteiger partial charge in [-0.2, -0.15) is 0 Å². The fraction of sp³-hybridized carbons (Fsp3) is 0.455. The minimum Gasteiger partial charge on any atom is -0.493 e. The van der Waals surface area contributed by atoms with Crippen molar-refractivity contribution < 1.29 is 14.6 Å². The average molecular weight is 396 g/mol. The molecule has 0 unspecified atom stereocenters. The van der Waals surface area contributed by atoms with Crippen molar-refractivity contribution in [2.45, 2.75) is 32.4 Å². The van der Waals surface area contributed by atoms with Crippen LogP contribution in [0.25, 0.3) is 0 Å². The highest BCUT2D eigenvalue weighted by Gasteiger charge is 2.32. The van der Waals surface area contributed by atoms with E-state index in [4.69, 9.17) is 9.73 Å². The van der Waals surface area contributed by atoms with Gasteiger partial charge in [-0.3, -0.25) is 9.79 Å². The number of carbonyl (C=O) groups excluding carboxylic acids is 1. The lowest BCUT2D eigenvalue weighted by atomic mass is 9.95. The van der Waals surface area contributed by atoms with Crippen molar-refractivity contribution in [3.05, 3.63) is 52.9 Å². The van der Waals surface area contributed by atoms with E-state index in [1.165, 1.54) is 10.5 Å². The third-order valence-corrected chi connectivity index (χ3v) is 5.57. The fourth-order valence-electron chi connectivity index (χ4n) is 4.14. The molecule has 0 bridgehead atoms. The third kappa shape index (κ3) is 3.74. The lowest BCUT2D eigenvalue weighted by molar-refractivity contribution is -0.126. The number of benzene rings is 1. The van der Waals surface area contributed by atoms with Gasteiger partial charge in [0.1, 0.15) is 5.75 Å². The maximum Gasteiger partial charge on any atom is 0.255 e. The largest absolute Gasteiger partial charge is 0.493 e. The Kier molecular flexibility index (Phi) is 5.32. The van der Waals surface area contributed by atoms with E-state index in [1.807, 2.05) is 29.3 Å². The van der Waals surface area contributed by atoms with Gasteiger partial charge in [0.15, 0.2) is 5.84 Å². The molecule has 7 heteroatoms. The van der Waals surface area contributed by atoms with Crippen LogP contribution in [0.1, 0.15) is 30.5 Å². The minimum atomic E-state index is -0.111. The predicted molar refractivity (Wildman–Crippen MR) is 112 cm³/mol. The van der Waals surface area contributed by atoms with Gasteiger partial charge in [-0.15, -0.1) is 0 Å². The van der Waals surface area contributed by atoms with Crippen LogP contribution in [0, 0.1) is 6.92 Å². The molecule has 0 fully saturated rings. The summed E-state index contributed by atoms with van der Waals surface area (Å²) in [6.07, 6.45) is 4.60. The summed E-state index contributed by atoms with van der Waals surface area (Å²) in [7, 11) is 1.70. The zero-order chi connectivity index (χ0) is 20.5. The smallest absolute Gasteiger partial charge is 0.255 e. The Hall–Kier alpha value is -2.80. The minimum absolute atomic E-state index is 0.0596. The SMILES string of the molecule is Cc1cccc2c1[C@H](NC1=CC(C(=O)N(C)CCO)=CN3C[C@@H](C)N=C13)CCO2. The molecule has 0 aromatic heterocycles. The second kappa shape index (κ2) is 7.91. The number of rotatable bonds is 5. The summed E-state index contributed by atoms with van der Waals surface area (Å²) >= 11 is 0. The maximum atomic E-state index is 12.8. The average Bonchev–Trinajstić information content (AvgIpc) is 3.08. The number of fused-ring (bicyclic) bond motifs is 2. The number of aliphatic hydroxyl groups is 1. The lowest BCUT2D eigenvalue weighted by Gasteiger charge is -2.32. The highest BCUT2D eigenvalue weighted by molar-refractivity contribution is 6.06. The van der Waals surface area contributed by atoms with Gasteiger partial charge in [-0.1, -0.05) is 12.1 Å². The van der Waals surface area contributed by atoms with Crippen molar-refractivity contribution in [2.75, 3.05) is 33.4 Å². The molecule has 1 aromatic carbocycles. The normalized spacial score (nSPS) is 22.6. The zero-order valence-corrected chi connectivity index (χ0v) is 17.2. The van der Waals surface area contributed by atoms with Crippen molar-refractivity contribution in [1.29, 1.82) is 0 Å². The molecule has 3 aliphatic rings. The van der Waals surface area contributed by atoms with E-state index < -0.39 is 0 Å². The Bertz CT molecular complexity index is 905. The van der Waals surface area contributed by atoms with E-state index >= 15 is 0 Å². The molecule has 0 radical (unpaired) electrons. The molecular weight excluding hydrogens is 368 g/mol. The molecule has 0 saturated carbocycles. The van der Waals surface area contributed by atoms with Crippen LogP contribution in [0.3, 0.4) is 0 Å². The number of amidine groups is 1. The molecule has 0 aliphatic carbocycles. The van der Waals surface area contributed by atoms with Crippen molar-refractivity contribution in [3.63, 3.8) is 0 Å². The lowest BCUT2D eigenvalue weighted by Crippen LogP contribution is -2.39. The van der Waals surface area contributed by atoms with E-state index in [0.717, 1.165) is 35.8 Å². The highest BCUT2D eigenvalue weighted by Crippen LogP contribution is 2.36. The van der Waals surface area contributed by atoms with Crippen molar-refractivity contribution >= 4 is 11.7 Å². The molecule has 4 rings (SSSR count). The van der Waals surface area contributed by atoms with Crippen LogP contribution in [-0.2, 0) is 4.79 Å². The first kappa shape index (κ1) is 19.5. The Morgan fingerprint density at radius 1 is 1.45 bits per heavy atom. The van der Waals surface area contributed by atoms with Crippen LogP contribution in [0.5, 0.6) is 5.75 Å². The number of nitrogens with one attached hydrogen (secondary N) is 1. The number of aliphatic hydroxyl groups excluding tert-OH is 1. The molecule has 154 valence electrons. The Morgan fingerprint density at radius 3 is 3.07 bits per heavy atom. The molecule has 3 aliphatic heterocycles. The van der Waals surface area contributed by atoms with Gasteiger partial charge in [0.25, 0.3) is 5.91 Å². The summed E-state index contributed by atoms with van der Waals surface area (Å²) in [5.74, 6) is 1.68. The molecule has 1 aromatic rings. The number of likely N-dealkylation sites (N-methyl/N-ethyl adjacent to an activating group) is 1. The summed E-state index contributed by atoms with van der Waals surface area (Å²) in [6.45, 7) is 5.81. The number of ether oxygens (including phenoxy) is 1. The number of hydrogen-bond acceptors (Lipinski definition) is 6. The Morgan fingerprint density at radius 2 is 2.28 bits per heavy atom. The van der Waals surface area contributed by atoms with E-state index in [0.29, 0.717) is 18.7 Å². The van der Waals surface area contributed by atoms with Crippen molar-refractivity contribution in [2.24, 2.45) is 4.99 Å². The summed E-state index contributed by atoms with van der Waals surface area (Å²) in [5, 5.41) is 12.8. The van der Waals surface area contributed by atoms with Gasteiger partial charge in [0.2, 0.25) is 0 Å². The number of aliphatic imine (C=N–C) groups is 1. The second-order valence-corrected chi connectivity index (χ2v) is 7.87. The van der Waals surface area contributed by atoms with E-state index in [1.54, 1.807) is 7.05 Å². The van der Waals surface area contributed by atoms with Crippen LogP contribution >= 0.6 is 0 Å². The van der Waals surface area contributed by atoms with Gasteiger partial charge < -0.3 is 25.0 Å². The first-order valence-corrected chi connectivity index (χ1v) is 10.1. The maximum absolute atomic E-state index is 12.8. The van der Waals surface area contributed by atoms with Crippen LogP contribution < -0.4 is 10.1 Å². The molecule has 1 amide bonds. The molecule has 7 nitrogen and oxygen atoms in total. The quantitative estimate of drug-likeness (QED) is 0.793. The van der Waals surface area contributed by atoms with Gasteiger partial charge in [0, 0.05) is 38.3 Å². The zero-order valence-electron chi connectivity index (χ0n) is 17.2. The monoisotopic (exact) mass is 396 g/mol. The number of amides is 1. The van der Waals surface area contributed by atoms with Crippen molar-refractivity contribution in [1.82, 2.24) is 15.1 Å². The highest BCUT2D eigenvalue weighted by atomic mass is 16.5. The standard InChI is InChI=1S/C22H28N4O3/c1-14-5-4-6-19-20(14)17(7-10-29-19)24-18-11-16(22(28)25(3)8-9-27)13-26-12-15(2)23-21(18)26/h4-6,11,13,15,17,24,27H,7-10,12H2,1-3H3/t15-,17-/m1/s1. The van der Waals surface area contributed by atoms with Gasteiger partial charge in [0.05, 0.1) is 36.6 Å². The molecule has 0 spiro atoms. The van der Waals surface area contributed by atoms with Gasteiger partial charge in [-0.25, -0.2) is 0 Å². The summed E-state index contributed by atoms with van der Waals surface area (Å²) < 4.78 is 5.85. The van der Waals surface area contributed by atoms with Crippen LogP contribution in [0.4, 0.5) is 0 Å². The number of aryl methyl sites for hydroxylation is 1. The van der Waals surface area contributed by atoms with Gasteiger partial charge >= 0.3 is 0 Å². The summed E-state index contributed by atoms with van der Waals surface area (Å²) in [6, 6.07) is 6.37. The predicted octanol–water partition coefficient (Wildman–Crippen LogP) is 1.74. The first-order valence-electron chi connectivity index (χ1n) is 10.1. The first-order chi connectivity index (χ1) is 14.0. The van der Waals surface area contributed by atoms with E-state index in [9.17, 15) is 9.90 Å². The van der Waals surface area contributed by atoms with E-state index in [-0.39, 0.29) is 24.6 Å². The van der Waals surface area contributed by atoms with Crippen LogP contribution in [0.15, 0.2) is 46.7 Å². The van der Waals surface area contributed by atoms with Crippen molar-refractivity contribution in [3.8, 4) is 5.75 Å². The summed E-state index contributed by atoms with van der Waals surface area (Å²) in [4.78, 5) is 21.2. The molecule has 3 heterocycles. The topological polar surface area (TPSA) is 77.4 Å². The Balaban J connectivity index is 1.66. The number of nitrogens with zero attached hydrogens (tertiary/aromatic N) is 3. The molecule has 29 heavy (non-hydrogen) atoms. The van der Waals surface area contributed by atoms with E-state index in [2.05, 4.69) is 25.2 Å². The second-order valence-electron chi connectivity index (χ2n) is 7.87. The number of carbonyl (C=O) groups is 1. The van der Waals surface area contributed by atoms with Crippen LogP contribution in [-0.4, -0.2) is 66.0 Å². The number of hydrogen-bond donors (Lipinski definition) is 2. The third-order valence-electron chi connectivity index (χ3n) is 5.57. The molecule has 0 saturated heterocycles. The molecular formula is C22H28N4O3. The molecule has 2 N–H and O–H groups in total. The Labute approximate surface area is 171 Å². The molecule has 2 atom stereocenters. The summed E-state index contributed by atoms with van der Waals surface area (Å²) in [5.41, 5.74) is 3.80. The fourth-order valence-corrected chi connectivity index (χ4v) is 4.14. The van der Waals surface area contributed by atoms with Crippen LogP contribution in [0.2, 0.25) is 0 Å². The van der Waals surface area contributed by atoms with Gasteiger partial charge in [-0.05, 0) is 31.6 Å².